The fourth-order valence-electron chi connectivity index (χ4n) is 2.95. The summed E-state index contributed by atoms with van der Waals surface area (Å²) in [5.74, 6) is 0.531. The lowest BCUT2D eigenvalue weighted by Gasteiger charge is -2.28. The second-order valence-electron chi connectivity index (χ2n) is 5.44. The largest absolute Gasteiger partial charge is 0.394 e. The number of aliphatic hydroxyl groups excluding tert-OH is 1. The van der Waals surface area contributed by atoms with E-state index in [1.54, 1.807) is 9.47 Å². The summed E-state index contributed by atoms with van der Waals surface area (Å²) in [5.41, 5.74) is -0.127. The van der Waals surface area contributed by atoms with E-state index in [-0.39, 0.29) is 29.7 Å². The summed E-state index contributed by atoms with van der Waals surface area (Å²) < 4.78 is 1.57. The van der Waals surface area contributed by atoms with E-state index in [0.717, 1.165) is 31.4 Å². The van der Waals surface area contributed by atoms with Crippen LogP contribution in [0.3, 0.4) is 0 Å². The lowest BCUT2D eigenvalue weighted by atomic mass is 10.1. The fraction of sp³-hybridized carbons (Fsp3) is 0.643. The molecule has 1 amide bonds. The topological polar surface area (TPSA) is 75.4 Å². The number of thioether (sulfide) groups is 1. The van der Waals surface area contributed by atoms with Gasteiger partial charge in [0.25, 0.3) is 11.5 Å². The van der Waals surface area contributed by atoms with Crippen molar-refractivity contribution >= 4 is 17.7 Å². The maximum atomic E-state index is 12.7. The Hall–Kier alpha value is -1.34. The third kappa shape index (κ3) is 2.72. The molecule has 1 atom stereocenters. The molecule has 7 heteroatoms. The first-order valence-electron chi connectivity index (χ1n) is 7.37. The van der Waals surface area contributed by atoms with E-state index in [9.17, 15) is 14.7 Å². The number of aliphatic hydroxyl groups is 1. The van der Waals surface area contributed by atoms with Crippen molar-refractivity contribution in [3.63, 3.8) is 0 Å². The lowest BCUT2D eigenvalue weighted by Crippen LogP contribution is -2.44. The van der Waals surface area contributed by atoms with Crippen LogP contribution < -0.4 is 5.56 Å². The van der Waals surface area contributed by atoms with Crippen molar-refractivity contribution in [2.75, 3.05) is 18.9 Å². The monoisotopic (exact) mass is 309 g/mol. The number of rotatable bonds is 2. The molecule has 1 N–H and O–H groups in total. The third-order valence-electron chi connectivity index (χ3n) is 4.14. The van der Waals surface area contributed by atoms with E-state index >= 15 is 0 Å². The number of hydrogen-bond acceptors (Lipinski definition) is 5. The summed E-state index contributed by atoms with van der Waals surface area (Å²) >= 11 is 1.53. The highest BCUT2D eigenvalue weighted by Crippen LogP contribution is 2.22. The van der Waals surface area contributed by atoms with Gasteiger partial charge in [-0.05, 0) is 12.8 Å². The van der Waals surface area contributed by atoms with Crippen LogP contribution in [0.4, 0.5) is 0 Å². The van der Waals surface area contributed by atoms with Gasteiger partial charge < -0.3 is 10.0 Å². The SMILES string of the molecule is O=C(c1cnc2n(c1=O)CCS2)N1CCCCCC1CO. The van der Waals surface area contributed by atoms with Gasteiger partial charge in [-0.1, -0.05) is 24.6 Å². The third-order valence-corrected chi connectivity index (χ3v) is 5.11. The Balaban J connectivity index is 1.92. The van der Waals surface area contributed by atoms with Gasteiger partial charge in [-0.25, -0.2) is 4.98 Å². The second kappa shape index (κ2) is 6.19. The van der Waals surface area contributed by atoms with Crippen LogP contribution in [0.15, 0.2) is 16.1 Å². The van der Waals surface area contributed by atoms with Gasteiger partial charge in [0.2, 0.25) is 0 Å². The molecular weight excluding hydrogens is 290 g/mol. The number of likely N-dealkylation sites (tertiary alicyclic amines) is 1. The Kier molecular flexibility index (Phi) is 4.30. The fourth-order valence-corrected chi connectivity index (χ4v) is 3.87. The average Bonchev–Trinajstić information content (AvgIpc) is 2.85. The molecule has 0 bridgehead atoms. The molecule has 1 aromatic rings. The van der Waals surface area contributed by atoms with E-state index in [2.05, 4.69) is 4.98 Å². The van der Waals surface area contributed by atoms with Crippen molar-refractivity contribution in [2.45, 2.75) is 43.4 Å². The molecule has 1 fully saturated rings. The number of carbonyl (C=O) groups excluding carboxylic acids is 1. The zero-order chi connectivity index (χ0) is 14.8. The molecule has 21 heavy (non-hydrogen) atoms. The van der Waals surface area contributed by atoms with E-state index in [0.29, 0.717) is 18.2 Å². The number of carbonyl (C=O) groups is 1. The number of hydrogen-bond donors (Lipinski definition) is 1. The summed E-state index contributed by atoms with van der Waals surface area (Å²) in [6.45, 7) is 1.15. The van der Waals surface area contributed by atoms with Crippen LogP contribution >= 0.6 is 11.8 Å². The maximum Gasteiger partial charge on any atom is 0.267 e. The molecule has 3 rings (SSSR count). The Morgan fingerprint density at radius 1 is 1.38 bits per heavy atom. The van der Waals surface area contributed by atoms with Gasteiger partial charge in [-0.15, -0.1) is 0 Å². The highest BCUT2D eigenvalue weighted by Gasteiger charge is 2.29. The minimum Gasteiger partial charge on any atom is -0.394 e. The Labute approximate surface area is 127 Å². The highest BCUT2D eigenvalue weighted by atomic mass is 32.2. The second-order valence-corrected chi connectivity index (χ2v) is 6.51. The quantitative estimate of drug-likeness (QED) is 0.815. The first-order valence-corrected chi connectivity index (χ1v) is 8.35. The molecule has 1 saturated heterocycles. The van der Waals surface area contributed by atoms with Crippen molar-refractivity contribution in [1.29, 1.82) is 0 Å². The van der Waals surface area contributed by atoms with Crippen LogP contribution in [0, 0.1) is 0 Å². The van der Waals surface area contributed by atoms with Crippen LogP contribution in [-0.4, -0.2) is 50.4 Å². The maximum absolute atomic E-state index is 12.7. The Bertz CT molecular complexity index is 602. The normalized spacial score (nSPS) is 22.0. The van der Waals surface area contributed by atoms with E-state index in [1.807, 2.05) is 0 Å². The molecule has 0 radical (unpaired) electrons. The van der Waals surface area contributed by atoms with E-state index in [4.69, 9.17) is 0 Å². The van der Waals surface area contributed by atoms with E-state index < -0.39 is 0 Å². The van der Waals surface area contributed by atoms with Crippen LogP contribution in [0.25, 0.3) is 0 Å². The summed E-state index contributed by atoms with van der Waals surface area (Å²) in [6, 6.07) is -0.188. The zero-order valence-electron chi connectivity index (χ0n) is 11.8. The first-order chi connectivity index (χ1) is 10.2. The van der Waals surface area contributed by atoms with Crippen LogP contribution in [-0.2, 0) is 6.54 Å². The van der Waals surface area contributed by atoms with Crippen LogP contribution in [0.2, 0.25) is 0 Å². The summed E-state index contributed by atoms with van der Waals surface area (Å²) in [6.07, 6.45) is 5.16. The van der Waals surface area contributed by atoms with Crippen molar-refractivity contribution in [1.82, 2.24) is 14.5 Å². The van der Waals surface area contributed by atoms with Gasteiger partial charge in [0.05, 0.1) is 12.6 Å². The Morgan fingerprint density at radius 2 is 2.24 bits per heavy atom. The molecule has 0 aromatic carbocycles. The number of aromatic nitrogens is 2. The molecule has 2 aliphatic rings. The molecule has 1 unspecified atom stereocenters. The van der Waals surface area contributed by atoms with Crippen molar-refractivity contribution < 1.29 is 9.90 Å². The molecule has 6 nitrogen and oxygen atoms in total. The number of fused-ring (bicyclic) bond motifs is 1. The molecular formula is C14H19N3O3S. The van der Waals surface area contributed by atoms with Gasteiger partial charge in [0, 0.05) is 25.0 Å². The molecule has 0 aliphatic carbocycles. The minimum absolute atomic E-state index is 0.0543. The zero-order valence-corrected chi connectivity index (χ0v) is 12.6. The Morgan fingerprint density at radius 3 is 3.05 bits per heavy atom. The van der Waals surface area contributed by atoms with Crippen molar-refractivity contribution in [3.8, 4) is 0 Å². The minimum atomic E-state index is -0.291. The van der Waals surface area contributed by atoms with Crippen LogP contribution in [0.1, 0.15) is 36.0 Å². The molecule has 114 valence electrons. The van der Waals surface area contributed by atoms with Crippen molar-refractivity contribution in [3.05, 3.63) is 22.1 Å². The summed E-state index contributed by atoms with van der Waals surface area (Å²) in [7, 11) is 0. The highest BCUT2D eigenvalue weighted by molar-refractivity contribution is 7.99. The summed E-state index contributed by atoms with van der Waals surface area (Å²) in [5, 5.41) is 10.2. The van der Waals surface area contributed by atoms with Gasteiger partial charge in [-0.3, -0.25) is 14.2 Å². The predicted molar refractivity (Wildman–Crippen MR) is 79.6 cm³/mol. The average molecular weight is 309 g/mol. The van der Waals surface area contributed by atoms with E-state index in [1.165, 1.54) is 18.0 Å². The molecule has 3 heterocycles. The molecule has 0 saturated carbocycles. The molecule has 0 spiro atoms. The standard InChI is InChI=1S/C14H19N3O3S/c18-9-10-4-2-1-3-5-16(10)12(19)11-8-15-14-17(13(11)20)6-7-21-14/h8,10,18H,1-7,9H2. The van der Waals surface area contributed by atoms with Gasteiger partial charge >= 0.3 is 0 Å². The van der Waals surface area contributed by atoms with Crippen molar-refractivity contribution in [2.24, 2.45) is 0 Å². The lowest BCUT2D eigenvalue weighted by molar-refractivity contribution is 0.0596. The van der Waals surface area contributed by atoms with Crippen LogP contribution in [0.5, 0.6) is 0 Å². The summed E-state index contributed by atoms with van der Waals surface area (Å²) in [4.78, 5) is 31.0. The predicted octanol–water partition coefficient (Wildman–Crippen LogP) is 0.726. The number of nitrogens with zero attached hydrogens (tertiary/aromatic N) is 3. The molecule has 2 aliphatic heterocycles. The molecule has 1 aromatic heterocycles. The van der Waals surface area contributed by atoms with Gasteiger partial charge in [0.15, 0.2) is 5.16 Å². The smallest absolute Gasteiger partial charge is 0.267 e. The first kappa shape index (κ1) is 14.6. The van der Waals surface area contributed by atoms with Gasteiger partial charge in [-0.2, -0.15) is 0 Å². The number of amides is 1. The van der Waals surface area contributed by atoms with Gasteiger partial charge in [0.1, 0.15) is 5.56 Å².